The SMILES string of the molecule is O=C(O)Cc1c[nH]c2c(Cl)ccc(F)c12. The van der Waals surface area contributed by atoms with E-state index in [0.717, 1.165) is 0 Å². The molecule has 2 aromatic rings. The summed E-state index contributed by atoms with van der Waals surface area (Å²) in [5.41, 5.74) is 0.838. The van der Waals surface area contributed by atoms with E-state index in [9.17, 15) is 9.18 Å². The molecular formula is C10H7ClFNO2. The van der Waals surface area contributed by atoms with Crippen molar-refractivity contribution < 1.29 is 14.3 Å². The molecule has 5 heteroatoms. The third-order valence-corrected chi connectivity index (χ3v) is 2.47. The molecule has 0 spiro atoms. The van der Waals surface area contributed by atoms with Crippen LogP contribution in [-0.2, 0) is 11.2 Å². The fourth-order valence-corrected chi connectivity index (χ4v) is 1.75. The molecule has 1 heterocycles. The Labute approximate surface area is 89.5 Å². The Morgan fingerprint density at radius 2 is 2.27 bits per heavy atom. The van der Waals surface area contributed by atoms with Gasteiger partial charge in [0.05, 0.1) is 17.0 Å². The van der Waals surface area contributed by atoms with Crippen molar-refractivity contribution in [2.24, 2.45) is 0 Å². The Bertz CT molecular complexity index is 535. The van der Waals surface area contributed by atoms with Gasteiger partial charge in [0, 0.05) is 11.6 Å². The molecular weight excluding hydrogens is 221 g/mol. The summed E-state index contributed by atoms with van der Waals surface area (Å²) in [6.45, 7) is 0. The van der Waals surface area contributed by atoms with Gasteiger partial charge in [-0.2, -0.15) is 0 Å². The largest absolute Gasteiger partial charge is 0.481 e. The lowest BCUT2D eigenvalue weighted by Crippen LogP contribution is -1.99. The maximum Gasteiger partial charge on any atom is 0.307 e. The van der Waals surface area contributed by atoms with Gasteiger partial charge in [0.25, 0.3) is 0 Å². The van der Waals surface area contributed by atoms with Crippen LogP contribution in [0, 0.1) is 5.82 Å². The number of benzene rings is 1. The lowest BCUT2D eigenvalue weighted by molar-refractivity contribution is -0.136. The van der Waals surface area contributed by atoms with E-state index in [1.165, 1.54) is 18.3 Å². The molecule has 2 rings (SSSR count). The van der Waals surface area contributed by atoms with Crippen molar-refractivity contribution in [3.8, 4) is 0 Å². The van der Waals surface area contributed by atoms with Gasteiger partial charge in [0.2, 0.25) is 0 Å². The summed E-state index contributed by atoms with van der Waals surface area (Å²) >= 11 is 5.83. The second-order valence-corrected chi connectivity index (χ2v) is 3.57. The zero-order valence-corrected chi connectivity index (χ0v) is 8.31. The van der Waals surface area contributed by atoms with Crippen molar-refractivity contribution in [1.29, 1.82) is 0 Å². The number of aromatic nitrogens is 1. The molecule has 0 aliphatic rings. The quantitative estimate of drug-likeness (QED) is 0.829. The molecule has 1 aromatic heterocycles. The average molecular weight is 228 g/mol. The van der Waals surface area contributed by atoms with E-state index in [-0.39, 0.29) is 11.8 Å². The third kappa shape index (κ3) is 1.68. The number of carboxylic acid groups (broad SMARTS) is 1. The Morgan fingerprint density at radius 3 is 2.93 bits per heavy atom. The molecule has 0 aliphatic heterocycles. The first-order valence-corrected chi connectivity index (χ1v) is 4.63. The van der Waals surface area contributed by atoms with Gasteiger partial charge in [0.1, 0.15) is 5.82 Å². The maximum atomic E-state index is 13.4. The number of aliphatic carboxylic acids is 1. The van der Waals surface area contributed by atoms with E-state index in [0.29, 0.717) is 16.1 Å². The zero-order valence-electron chi connectivity index (χ0n) is 7.55. The maximum absolute atomic E-state index is 13.4. The Balaban J connectivity index is 2.67. The number of carbonyl (C=O) groups is 1. The van der Waals surface area contributed by atoms with Gasteiger partial charge in [-0.05, 0) is 17.7 Å². The molecule has 0 amide bonds. The molecule has 15 heavy (non-hydrogen) atoms. The van der Waals surface area contributed by atoms with E-state index < -0.39 is 11.8 Å². The van der Waals surface area contributed by atoms with Crippen LogP contribution in [0.1, 0.15) is 5.56 Å². The summed E-state index contributed by atoms with van der Waals surface area (Å²) in [5, 5.41) is 9.27. The van der Waals surface area contributed by atoms with Gasteiger partial charge in [-0.15, -0.1) is 0 Å². The first kappa shape index (κ1) is 9.98. The minimum absolute atomic E-state index is 0.225. The summed E-state index contributed by atoms with van der Waals surface area (Å²) in [7, 11) is 0. The number of aromatic amines is 1. The van der Waals surface area contributed by atoms with Crippen molar-refractivity contribution in [2.75, 3.05) is 0 Å². The van der Waals surface area contributed by atoms with Crippen LogP contribution in [0.5, 0.6) is 0 Å². The fourth-order valence-electron chi connectivity index (χ4n) is 1.54. The van der Waals surface area contributed by atoms with Gasteiger partial charge < -0.3 is 10.1 Å². The molecule has 0 saturated carbocycles. The van der Waals surface area contributed by atoms with E-state index in [1.807, 2.05) is 0 Å². The van der Waals surface area contributed by atoms with E-state index >= 15 is 0 Å². The predicted octanol–water partition coefficient (Wildman–Crippen LogP) is 2.59. The minimum Gasteiger partial charge on any atom is -0.481 e. The van der Waals surface area contributed by atoms with Crippen LogP contribution in [0.25, 0.3) is 10.9 Å². The van der Waals surface area contributed by atoms with Gasteiger partial charge >= 0.3 is 5.97 Å². The van der Waals surface area contributed by atoms with E-state index in [4.69, 9.17) is 16.7 Å². The second-order valence-electron chi connectivity index (χ2n) is 3.16. The Morgan fingerprint density at radius 1 is 1.53 bits per heavy atom. The molecule has 0 fully saturated rings. The highest BCUT2D eigenvalue weighted by Crippen LogP contribution is 2.28. The number of hydrogen-bond acceptors (Lipinski definition) is 1. The molecule has 2 N–H and O–H groups in total. The Hall–Kier alpha value is -1.55. The van der Waals surface area contributed by atoms with Crippen molar-refractivity contribution in [3.63, 3.8) is 0 Å². The highest BCUT2D eigenvalue weighted by Gasteiger charge is 2.13. The van der Waals surface area contributed by atoms with Crippen molar-refractivity contribution in [1.82, 2.24) is 4.98 Å². The van der Waals surface area contributed by atoms with Crippen LogP contribution >= 0.6 is 11.6 Å². The molecule has 0 saturated heterocycles. The lowest BCUT2D eigenvalue weighted by Gasteiger charge is -1.98. The monoisotopic (exact) mass is 227 g/mol. The Kier molecular flexibility index (Phi) is 2.36. The summed E-state index contributed by atoms with van der Waals surface area (Å²) in [4.78, 5) is 13.3. The van der Waals surface area contributed by atoms with Crippen molar-refractivity contribution in [3.05, 3.63) is 34.7 Å². The summed E-state index contributed by atoms with van der Waals surface area (Å²) < 4.78 is 13.4. The molecule has 0 aliphatic carbocycles. The fraction of sp³-hybridized carbons (Fsp3) is 0.100. The normalized spacial score (nSPS) is 10.8. The number of carboxylic acids is 1. The number of H-pyrrole nitrogens is 1. The first-order valence-electron chi connectivity index (χ1n) is 4.25. The molecule has 0 unspecified atom stereocenters. The minimum atomic E-state index is -1.00. The summed E-state index contributed by atoms with van der Waals surface area (Å²) in [6, 6.07) is 2.66. The van der Waals surface area contributed by atoms with Crippen LogP contribution in [0.15, 0.2) is 18.3 Å². The number of rotatable bonds is 2. The van der Waals surface area contributed by atoms with Gasteiger partial charge in [0.15, 0.2) is 0 Å². The van der Waals surface area contributed by atoms with E-state index in [2.05, 4.69) is 4.98 Å². The molecule has 0 bridgehead atoms. The highest BCUT2D eigenvalue weighted by molar-refractivity contribution is 6.35. The van der Waals surface area contributed by atoms with Crippen LogP contribution in [-0.4, -0.2) is 16.1 Å². The lowest BCUT2D eigenvalue weighted by atomic mass is 10.1. The smallest absolute Gasteiger partial charge is 0.307 e. The zero-order chi connectivity index (χ0) is 11.0. The second kappa shape index (κ2) is 3.55. The first-order chi connectivity index (χ1) is 7.09. The van der Waals surface area contributed by atoms with Gasteiger partial charge in [-0.25, -0.2) is 4.39 Å². The van der Waals surface area contributed by atoms with E-state index in [1.54, 1.807) is 0 Å². The summed E-state index contributed by atoms with van der Waals surface area (Å²) in [5.74, 6) is -1.47. The van der Waals surface area contributed by atoms with Crippen LogP contribution in [0.4, 0.5) is 4.39 Å². The number of fused-ring (bicyclic) bond motifs is 1. The molecule has 0 radical (unpaired) electrons. The predicted molar refractivity (Wildman–Crippen MR) is 54.6 cm³/mol. The van der Waals surface area contributed by atoms with Crippen molar-refractivity contribution >= 4 is 28.5 Å². The van der Waals surface area contributed by atoms with Crippen LogP contribution in [0.3, 0.4) is 0 Å². The topological polar surface area (TPSA) is 53.1 Å². The third-order valence-electron chi connectivity index (χ3n) is 2.16. The number of nitrogens with one attached hydrogen (secondary N) is 1. The number of hydrogen-bond donors (Lipinski definition) is 2. The standard InChI is InChI=1S/C10H7ClFNO2/c11-6-1-2-7(12)9-5(3-8(14)15)4-13-10(6)9/h1-2,4,13H,3H2,(H,14,15). The highest BCUT2D eigenvalue weighted by atomic mass is 35.5. The molecule has 1 aromatic carbocycles. The van der Waals surface area contributed by atoms with Crippen molar-refractivity contribution in [2.45, 2.75) is 6.42 Å². The average Bonchev–Trinajstić information content (AvgIpc) is 2.56. The van der Waals surface area contributed by atoms with Gasteiger partial charge in [-0.1, -0.05) is 11.6 Å². The summed E-state index contributed by atoms with van der Waals surface area (Å²) in [6.07, 6.45) is 1.24. The van der Waals surface area contributed by atoms with Crippen LogP contribution < -0.4 is 0 Å². The molecule has 0 atom stereocenters. The molecule has 78 valence electrons. The van der Waals surface area contributed by atoms with Crippen LogP contribution in [0.2, 0.25) is 5.02 Å². The van der Waals surface area contributed by atoms with Gasteiger partial charge in [-0.3, -0.25) is 4.79 Å². The molecule has 3 nitrogen and oxygen atoms in total. The number of halogens is 2.